The molecule has 133 valence electrons. The molecule has 0 fully saturated rings. The molecule has 2 aromatic rings. The fourth-order valence-corrected chi connectivity index (χ4v) is 2.92. The minimum atomic E-state index is 0.152. The molecule has 1 radical (unpaired) electrons. The number of hydrogen-bond acceptors (Lipinski definition) is 2. The van der Waals surface area contributed by atoms with Crippen LogP contribution in [0.4, 0.5) is 5.69 Å². The molecule has 0 bridgehead atoms. The van der Waals surface area contributed by atoms with E-state index in [9.17, 15) is 0 Å². The van der Waals surface area contributed by atoms with Crippen LogP contribution < -0.4 is 0 Å². The Balaban J connectivity index is 2.18. The predicted octanol–water partition coefficient (Wildman–Crippen LogP) is 6.37. The van der Waals surface area contributed by atoms with Crippen LogP contribution in [0.15, 0.2) is 59.6 Å². The first kappa shape index (κ1) is 19.2. The first-order valence-electron chi connectivity index (χ1n) is 9.21. The van der Waals surface area contributed by atoms with Crippen LogP contribution in [0.3, 0.4) is 0 Å². The number of rotatable bonds is 7. The number of benzene rings is 2. The van der Waals surface area contributed by atoms with E-state index in [4.69, 9.17) is 4.74 Å². The van der Waals surface area contributed by atoms with Gasteiger partial charge in [0.2, 0.25) is 0 Å². The Kier molecular flexibility index (Phi) is 7.24. The van der Waals surface area contributed by atoms with Gasteiger partial charge in [-0.3, -0.25) is 0 Å². The summed E-state index contributed by atoms with van der Waals surface area (Å²) in [6.07, 6.45) is 2.29. The quantitative estimate of drug-likeness (QED) is 0.425. The van der Waals surface area contributed by atoms with Crippen molar-refractivity contribution < 1.29 is 4.74 Å². The Hall–Kier alpha value is -2.09. The molecular weight excluding hydrogens is 306 g/mol. The van der Waals surface area contributed by atoms with Crippen molar-refractivity contribution in [3.05, 3.63) is 71.6 Å². The van der Waals surface area contributed by atoms with E-state index in [-0.39, 0.29) is 6.10 Å². The lowest BCUT2D eigenvalue weighted by Gasteiger charge is -2.23. The van der Waals surface area contributed by atoms with Crippen molar-refractivity contribution >= 4 is 11.6 Å². The molecule has 0 spiro atoms. The summed E-state index contributed by atoms with van der Waals surface area (Å²) in [5.74, 6) is 2.75. The van der Waals surface area contributed by atoms with E-state index in [1.54, 1.807) is 0 Å². The number of nitrogens with zero attached hydrogens (tertiary/aromatic N) is 1. The van der Waals surface area contributed by atoms with Crippen molar-refractivity contribution in [2.45, 2.75) is 53.6 Å². The molecule has 25 heavy (non-hydrogen) atoms. The van der Waals surface area contributed by atoms with Crippen LogP contribution in [0.25, 0.3) is 0 Å². The Morgan fingerprint density at radius 3 is 2.16 bits per heavy atom. The maximum absolute atomic E-state index is 5.61. The fraction of sp³-hybridized carbons (Fsp3) is 0.391. The van der Waals surface area contributed by atoms with E-state index in [0.717, 1.165) is 18.5 Å². The van der Waals surface area contributed by atoms with Gasteiger partial charge < -0.3 is 4.74 Å². The minimum Gasteiger partial charge on any atom is -0.478 e. The Labute approximate surface area is 153 Å². The van der Waals surface area contributed by atoms with Gasteiger partial charge >= 0.3 is 0 Å². The molecule has 0 aliphatic rings. The molecule has 0 aliphatic heterocycles. The second kappa shape index (κ2) is 9.41. The monoisotopic (exact) mass is 336 g/mol. The lowest BCUT2D eigenvalue weighted by atomic mass is 9.81. The molecule has 0 amide bonds. The summed E-state index contributed by atoms with van der Waals surface area (Å²) in [5.41, 5.74) is 3.60. The molecule has 0 aliphatic carbocycles. The van der Waals surface area contributed by atoms with E-state index >= 15 is 0 Å². The highest BCUT2D eigenvalue weighted by Crippen LogP contribution is 2.30. The smallest absolute Gasteiger partial charge is 0.185 e. The number of aliphatic imine (C=N–C) groups is 1. The largest absolute Gasteiger partial charge is 0.478 e. The SMILES string of the molecule is CCC(C)[C](Cc1ccccc1)c1ccc(N=C(C)OC(C)C)cc1. The Bertz CT molecular complexity index is 658. The molecule has 0 saturated carbocycles. The van der Waals surface area contributed by atoms with E-state index in [1.165, 1.54) is 17.0 Å². The summed E-state index contributed by atoms with van der Waals surface area (Å²) >= 11 is 0. The normalized spacial score (nSPS) is 13.3. The molecule has 1 unspecified atom stereocenters. The highest BCUT2D eigenvalue weighted by Gasteiger charge is 2.19. The molecule has 0 heterocycles. The first-order valence-corrected chi connectivity index (χ1v) is 9.21. The first-order chi connectivity index (χ1) is 12.0. The van der Waals surface area contributed by atoms with Gasteiger partial charge in [0.15, 0.2) is 5.90 Å². The maximum Gasteiger partial charge on any atom is 0.185 e. The summed E-state index contributed by atoms with van der Waals surface area (Å²) in [4.78, 5) is 4.53. The lowest BCUT2D eigenvalue weighted by Crippen LogP contribution is -2.13. The average molecular weight is 336 g/mol. The zero-order valence-corrected chi connectivity index (χ0v) is 16.1. The number of ether oxygens (including phenoxy) is 1. The fourth-order valence-electron chi connectivity index (χ4n) is 2.92. The van der Waals surface area contributed by atoms with Crippen LogP contribution in [-0.4, -0.2) is 12.0 Å². The van der Waals surface area contributed by atoms with Gasteiger partial charge in [-0.2, -0.15) is 0 Å². The third-order valence-electron chi connectivity index (χ3n) is 4.38. The summed E-state index contributed by atoms with van der Waals surface area (Å²) in [6.45, 7) is 10.5. The van der Waals surface area contributed by atoms with Gasteiger partial charge in [-0.05, 0) is 49.4 Å². The van der Waals surface area contributed by atoms with E-state index < -0.39 is 0 Å². The highest BCUT2D eigenvalue weighted by molar-refractivity contribution is 5.76. The molecule has 2 heteroatoms. The standard InChI is InChI=1S/C23H30NO/c1-6-18(4)23(16-20-10-8-7-9-11-20)21-12-14-22(15-13-21)24-19(5)25-17(2)3/h7-15,17-18H,6,16H2,1-5H3. The van der Waals surface area contributed by atoms with Crippen molar-refractivity contribution in [3.8, 4) is 0 Å². The van der Waals surface area contributed by atoms with Crippen LogP contribution in [0.1, 0.15) is 52.2 Å². The van der Waals surface area contributed by atoms with Crippen molar-refractivity contribution in [2.24, 2.45) is 10.9 Å². The van der Waals surface area contributed by atoms with Gasteiger partial charge in [-0.25, -0.2) is 4.99 Å². The van der Waals surface area contributed by atoms with Gasteiger partial charge in [-0.1, -0.05) is 62.7 Å². The van der Waals surface area contributed by atoms with Gasteiger partial charge in [0.05, 0.1) is 11.8 Å². The van der Waals surface area contributed by atoms with E-state index in [1.807, 2.05) is 20.8 Å². The van der Waals surface area contributed by atoms with E-state index in [2.05, 4.69) is 73.4 Å². The van der Waals surface area contributed by atoms with Crippen LogP contribution in [0.5, 0.6) is 0 Å². The molecular formula is C23H30NO. The summed E-state index contributed by atoms with van der Waals surface area (Å²) < 4.78 is 5.61. The maximum atomic E-state index is 5.61. The van der Waals surface area contributed by atoms with Gasteiger partial charge in [0, 0.05) is 12.8 Å². The van der Waals surface area contributed by atoms with Gasteiger partial charge in [-0.15, -0.1) is 0 Å². The van der Waals surface area contributed by atoms with Crippen molar-refractivity contribution in [3.63, 3.8) is 0 Å². The summed E-state index contributed by atoms with van der Waals surface area (Å²) in [5, 5.41) is 0. The zero-order chi connectivity index (χ0) is 18.2. The van der Waals surface area contributed by atoms with Crippen molar-refractivity contribution in [2.75, 3.05) is 0 Å². The van der Waals surface area contributed by atoms with Crippen molar-refractivity contribution in [1.29, 1.82) is 0 Å². The van der Waals surface area contributed by atoms with Crippen LogP contribution >= 0.6 is 0 Å². The molecule has 2 nitrogen and oxygen atoms in total. The van der Waals surface area contributed by atoms with Crippen LogP contribution in [-0.2, 0) is 11.2 Å². The minimum absolute atomic E-state index is 0.152. The average Bonchev–Trinajstić information content (AvgIpc) is 2.60. The molecule has 1 atom stereocenters. The number of hydrogen-bond donors (Lipinski definition) is 0. The Morgan fingerprint density at radius 1 is 0.960 bits per heavy atom. The zero-order valence-electron chi connectivity index (χ0n) is 16.1. The second-order valence-electron chi connectivity index (χ2n) is 6.84. The van der Waals surface area contributed by atoms with E-state index in [0.29, 0.717) is 11.8 Å². The third-order valence-corrected chi connectivity index (χ3v) is 4.38. The van der Waals surface area contributed by atoms with Crippen LogP contribution in [0.2, 0.25) is 0 Å². The lowest BCUT2D eigenvalue weighted by molar-refractivity contribution is 0.226. The molecule has 0 saturated heterocycles. The molecule has 2 aromatic carbocycles. The van der Waals surface area contributed by atoms with Gasteiger partial charge in [0.1, 0.15) is 0 Å². The topological polar surface area (TPSA) is 21.6 Å². The predicted molar refractivity (Wildman–Crippen MR) is 107 cm³/mol. The summed E-state index contributed by atoms with van der Waals surface area (Å²) in [7, 11) is 0. The summed E-state index contributed by atoms with van der Waals surface area (Å²) in [6, 6.07) is 19.2. The Morgan fingerprint density at radius 2 is 1.60 bits per heavy atom. The molecule has 0 N–H and O–H groups in total. The van der Waals surface area contributed by atoms with Gasteiger partial charge in [0.25, 0.3) is 0 Å². The highest BCUT2D eigenvalue weighted by atomic mass is 16.5. The van der Waals surface area contributed by atoms with Crippen molar-refractivity contribution in [1.82, 2.24) is 0 Å². The van der Waals surface area contributed by atoms with Crippen LogP contribution in [0, 0.1) is 11.8 Å². The molecule has 2 rings (SSSR count). The third kappa shape index (κ3) is 6.04. The second-order valence-corrected chi connectivity index (χ2v) is 6.84. The molecule has 0 aromatic heterocycles.